The number of hydrogen-bond acceptors (Lipinski definition) is 6. The number of carbonyl (C=O) groups is 1. The molecule has 0 bridgehead atoms. The molecule has 1 heterocycles. The van der Waals surface area contributed by atoms with Crippen molar-refractivity contribution >= 4 is 27.6 Å². The van der Waals surface area contributed by atoms with Gasteiger partial charge in [0.15, 0.2) is 9.84 Å². The summed E-state index contributed by atoms with van der Waals surface area (Å²) in [6.07, 6.45) is 4.27. The minimum absolute atomic E-state index is 0.343. The van der Waals surface area contributed by atoms with Crippen LogP contribution in [-0.2, 0) is 19.4 Å². The number of carbonyl (C=O) groups excluding carboxylic acids is 1. The molecule has 18 heavy (non-hydrogen) atoms. The minimum atomic E-state index is -3.08. The van der Waals surface area contributed by atoms with Gasteiger partial charge < -0.3 is 4.74 Å². The Morgan fingerprint density at radius 1 is 1.56 bits per heavy atom. The van der Waals surface area contributed by atoms with Gasteiger partial charge >= 0.3 is 5.97 Å². The fourth-order valence-electron chi connectivity index (χ4n) is 1.69. The first-order chi connectivity index (χ1) is 8.45. The first kappa shape index (κ1) is 15.5. The van der Waals surface area contributed by atoms with Gasteiger partial charge in [0.2, 0.25) is 0 Å². The van der Waals surface area contributed by atoms with Crippen molar-refractivity contribution in [2.45, 2.75) is 12.3 Å². The normalized spacial score (nSPS) is 22.2. The number of thioether (sulfide) groups is 1. The van der Waals surface area contributed by atoms with Crippen molar-refractivity contribution in [1.82, 2.24) is 4.90 Å². The maximum absolute atomic E-state index is 11.6. The van der Waals surface area contributed by atoms with Crippen LogP contribution in [0, 0.1) is 0 Å². The summed E-state index contributed by atoms with van der Waals surface area (Å²) in [5.41, 5.74) is 0. The van der Waals surface area contributed by atoms with Gasteiger partial charge in [-0.2, -0.15) is 11.8 Å². The van der Waals surface area contributed by atoms with Crippen molar-refractivity contribution in [1.29, 1.82) is 0 Å². The van der Waals surface area contributed by atoms with Gasteiger partial charge in [-0.05, 0) is 6.92 Å². The lowest BCUT2D eigenvalue weighted by molar-refractivity contribution is -0.137. The summed E-state index contributed by atoms with van der Waals surface area (Å²) in [6.45, 7) is 3.26. The van der Waals surface area contributed by atoms with E-state index >= 15 is 0 Å². The average molecular weight is 293 g/mol. The second-order valence-corrected chi connectivity index (χ2v) is 7.36. The van der Waals surface area contributed by atoms with Crippen LogP contribution in [0.25, 0.3) is 0 Å². The SMILES string of the molecule is CCOC(=O)/C=C/CN1CCSCC1S(C)(=O)=O. The third kappa shape index (κ3) is 4.99. The van der Waals surface area contributed by atoms with Crippen molar-refractivity contribution in [2.24, 2.45) is 0 Å². The Morgan fingerprint density at radius 3 is 2.89 bits per heavy atom. The maximum Gasteiger partial charge on any atom is 0.330 e. The maximum atomic E-state index is 11.6. The van der Waals surface area contributed by atoms with E-state index in [2.05, 4.69) is 0 Å². The molecule has 0 aliphatic carbocycles. The van der Waals surface area contributed by atoms with Crippen LogP contribution in [0.2, 0.25) is 0 Å². The molecule has 0 aromatic heterocycles. The Hall–Kier alpha value is -0.530. The quantitative estimate of drug-likeness (QED) is 0.544. The smallest absolute Gasteiger partial charge is 0.330 e. The van der Waals surface area contributed by atoms with E-state index in [1.807, 2.05) is 4.90 Å². The molecule has 5 nitrogen and oxygen atoms in total. The van der Waals surface area contributed by atoms with Crippen LogP contribution in [0.5, 0.6) is 0 Å². The molecule has 1 saturated heterocycles. The van der Waals surface area contributed by atoms with Crippen molar-refractivity contribution in [3.8, 4) is 0 Å². The number of sulfone groups is 1. The summed E-state index contributed by atoms with van der Waals surface area (Å²) in [6, 6.07) is 0. The number of hydrogen-bond donors (Lipinski definition) is 0. The van der Waals surface area contributed by atoms with Crippen LogP contribution in [0.4, 0.5) is 0 Å². The number of ether oxygens (including phenoxy) is 1. The average Bonchev–Trinajstić information content (AvgIpc) is 2.28. The Bertz CT molecular complexity index is 405. The Labute approximate surface area is 112 Å². The predicted molar refractivity (Wildman–Crippen MR) is 73.3 cm³/mol. The van der Waals surface area contributed by atoms with E-state index in [0.29, 0.717) is 18.9 Å². The molecular formula is C11H19NO4S2. The number of esters is 1. The molecular weight excluding hydrogens is 274 g/mol. The summed E-state index contributed by atoms with van der Waals surface area (Å²) in [5.74, 6) is 1.12. The van der Waals surface area contributed by atoms with E-state index in [1.54, 1.807) is 24.8 Å². The van der Waals surface area contributed by atoms with E-state index in [1.165, 1.54) is 12.3 Å². The summed E-state index contributed by atoms with van der Waals surface area (Å²) in [7, 11) is -3.08. The second-order valence-electron chi connectivity index (χ2n) is 4.01. The van der Waals surface area contributed by atoms with Gasteiger partial charge in [0.05, 0.1) is 6.61 Å². The lowest BCUT2D eigenvalue weighted by Gasteiger charge is -2.32. The van der Waals surface area contributed by atoms with E-state index < -0.39 is 15.2 Å². The lowest BCUT2D eigenvalue weighted by atomic mass is 10.4. The molecule has 0 aromatic carbocycles. The van der Waals surface area contributed by atoms with E-state index in [9.17, 15) is 13.2 Å². The topological polar surface area (TPSA) is 63.7 Å². The molecule has 104 valence electrons. The standard InChI is InChI=1S/C11H19NO4S2/c1-3-16-11(13)5-4-6-12-7-8-17-9-10(12)18(2,14)15/h4-5,10H,3,6-9H2,1-2H3/b5-4+. The van der Waals surface area contributed by atoms with Crippen LogP contribution in [0.3, 0.4) is 0 Å². The summed E-state index contributed by atoms with van der Waals surface area (Å²) < 4.78 is 28.0. The molecule has 0 radical (unpaired) electrons. The summed E-state index contributed by atoms with van der Waals surface area (Å²) in [4.78, 5) is 13.0. The van der Waals surface area contributed by atoms with E-state index in [0.717, 1.165) is 12.3 Å². The molecule has 0 saturated carbocycles. The summed E-state index contributed by atoms with van der Waals surface area (Å²) in [5, 5.41) is -0.455. The van der Waals surface area contributed by atoms with Gasteiger partial charge in [-0.25, -0.2) is 13.2 Å². The van der Waals surface area contributed by atoms with Gasteiger partial charge in [0.1, 0.15) is 5.37 Å². The van der Waals surface area contributed by atoms with Crippen molar-refractivity contribution < 1.29 is 17.9 Å². The molecule has 0 aromatic rings. The second kappa shape index (κ2) is 7.16. The van der Waals surface area contributed by atoms with Crippen LogP contribution in [0.1, 0.15) is 6.92 Å². The van der Waals surface area contributed by atoms with Crippen molar-refractivity contribution in [3.05, 3.63) is 12.2 Å². The molecule has 1 fully saturated rings. The highest BCUT2D eigenvalue weighted by Crippen LogP contribution is 2.19. The summed E-state index contributed by atoms with van der Waals surface area (Å²) >= 11 is 1.64. The largest absolute Gasteiger partial charge is 0.463 e. The molecule has 1 rings (SSSR count). The molecule has 1 unspecified atom stereocenters. The van der Waals surface area contributed by atoms with Crippen molar-refractivity contribution in [3.63, 3.8) is 0 Å². The number of nitrogens with zero attached hydrogens (tertiary/aromatic N) is 1. The van der Waals surface area contributed by atoms with Gasteiger partial charge in [-0.15, -0.1) is 0 Å². The highest BCUT2D eigenvalue weighted by Gasteiger charge is 2.29. The monoisotopic (exact) mass is 293 g/mol. The first-order valence-electron chi connectivity index (χ1n) is 5.79. The molecule has 1 aliphatic heterocycles. The zero-order valence-electron chi connectivity index (χ0n) is 10.7. The van der Waals surface area contributed by atoms with E-state index in [-0.39, 0.29) is 5.97 Å². The molecule has 1 atom stereocenters. The highest BCUT2D eigenvalue weighted by molar-refractivity contribution is 8.00. The predicted octanol–water partition coefficient (Wildman–Crippen LogP) is 0.525. The first-order valence-corrected chi connectivity index (χ1v) is 8.90. The molecule has 0 N–H and O–H groups in total. The fourth-order valence-corrected chi connectivity index (χ4v) is 4.65. The van der Waals surface area contributed by atoms with E-state index in [4.69, 9.17) is 4.74 Å². The lowest BCUT2D eigenvalue weighted by Crippen LogP contribution is -2.46. The van der Waals surface area contributed by atoms with Crippen LogP contribution >= 0.6 is 11.8 Å². The Kier molecular flexibility index (Phi) is 6.17. The van der Waals surface area contributed by atoms with Crippen molar-refractivity contribution in [2.75, 3.05) is 37.5 Å². The Balaban J connectivity index is 2.56. The third-order valence-corrected chi connectivity index (χ3v) is 5.25. The van der Waals surface area contributed by atoms with Crippen LogP contribution < -0.4 is 0 Å². The Morgan fingerprint density at radius 2 is 2.28 bits per heavy atom. The highest BCUT2D eigenvalue weighted by atomic mass is 32.2. The number of rotatable bonds is 5. The van der Waals surface area contributed by atoms with Gasteiger partial charge in [-0.1, -0.05) is 6.08 Å². The third-order valence-electron chi connectivity index (χ3n) is 2.57. The fraction of sp³-hybridized carbons (Fsp3) is 0.727. The van der Waals surface area contributed by atoms with Gasteiger partial charge in [-0.3, -0.25) is 4.90 Å². The molecule has 1 aliphatic rings. The molecule has 0 amide bonds. The van der Waals surface area contributed by atoms with Crippen LogP contribution in [0.15, 0.2) is 12.2 Å². The zero-order valence-corrected chi connectivity index (χ0v) is 12.3. The minimum Gasteiger partial charge on any atom is -0.463 e. The zero-order chi connectivity index (χ0) is 13.6. The molecule has 0 spiro atoms. The van der Waals surface area contributed by atoms with Gasteiger partial charge in [0.25, 0.3) is 0 Å². The molecule has 7 heteroatoms. The van der Waals surface area contributed by atoms with Gasteiger partial charge in [0, 0.05) is 36.9 Å². The van der Waals surface area contributed by atoms with Crippen LogP contribution in [-0.4, -0.2) is 62.1 Å².